The molecule has 12 heteroatoms. The first kappa shape index (κ1) is 31.2. The van der Waals surface area contributed by atoms with Crippen molar-refractivity contribution in [2.75, 3.05) is 5.75 Å². The lowest BCUT2D eigenvalue weighted by Crippen LogP contribution is -2.55. The second-order valence-corrected chi connectivity index (χ2v) is 13.6. The number of hydrogen-bond acceptors (Lipinski definition) is 4. The molecule has 5 atom stereocenters. The van der Waals surface area contributed by atoms with Gasteiger partial charge >= 0.3 is 12.1 Å². The number of carbonyl (C=O) groups excluding carboxylic acids is 1. The Balaban J connectivity index is 2.12. The maximum Gasteiger partial charge on any atom is 0.402 e. The third-order valence-corrected chi connectivity index (χ3v) is 10.4. The molecule has 1 aliphatic rings. The van der Waals surface area contributed by atoms with Crippen LogP contribution in [0, 0.1) is 17.3 Å². The molecule has 6 nitrogen and oxygen atoms in total. The van der Waals surface area contributed by atoms with Crippen molar-refractivity contribution >= 4 is 44.9 Å². The predicted octanol–water partition coefficient (Wildman–Crippen LogP) is 6.44. The molecule has 0 aliphatic carbocycles. The Hall–Kier alpha value is -2.30. The van der Waals surface area contributed by atoms with E-state index in [-0.39, 0.29) is 12.0 Å². The second-order valence-electron chi connectivity index (χ2n) is 10.7. The van der Waals surface area contributed by atoms with E-state index in [1.54, 1.807) is 45.0 Å². The Labute approximate surface area is 235 Å². The van der Waals surface area contributed by atoms with Crippen LogP contribution < -0.4 is 5.32 Å². The van der Waals surface area contributed by atoms with E-state index in [0.717, 1.165) is 0 Å². The van der Waals surface area contributed by atoms with Crippen molar-refractivity contribution in [3.8, 4) is 0 Å². The molecule has 1 heterocycles. The molecule has 0 spiro atoms. The summed E-state index contributed by atoms with van der Waals surface area (Å²) in [6.45, 7) is 4.82. The number of benzene rings is 2. The molecule has 1 amide bonds. The van der Waals surface area contributed by atoms with Crippen molar-refractivity contribution < 1.29 is 36.3 Å². The van der Waals surface area contributed by atoms with E-state index in [1.165, 1.54) is 24.3 Å². The molecule has 214 valence electrons. The van der Waals surface area contributed by atoms with Gasteiger partial charge < -0.3 is 10.4 Å². The summed E-state index contributed by atoms with van der Waals surface area (Å²) in [6, 6.07) is 11.7. The van der Waals surface area contributed by atoms with Crippen LogP contribution in [0.3, 0.4) is 0 Å². The van der Waals surface area contributed by atoms with Gasteiger partial charge in [-0.3, -0.25) is 9.59 Å². The highest BCUT2D eigenvalue weighted by Crippen LogP contribution is 2.51. The summed E-state index contributed by atoms with van der Waals surface area (Å²) in [4.78, 5) is 24.4. The van der Waals surface area contributed by atoms with Gasteiger partial charge in [0.2, 0.25) is 5.91 Å². The summed E-state index contributed by atoms with van der Waals surface area (Å²) in [5, 5.41) is 11.3. The van der Waals surface area contributed by atoms with Crippen molar-refractivity contribution in [2.45, 2.75) is 57.0 Å². The molecule has 0 aromatic heterocycles. The highest BCUT2D eigenvalue weighted by atomic mass is 35.5. The number of alkyl halides is 3. The molecule has 0 bridgehead atoms. The number of nitrogens with one attached hydrogen (secondary N) is 1. The number of carbonyl (C=O) groups is 2. The molecule has 2 aromatic carbocycles. The lowest BCUT2D eigenvalue weighted by molar-refractivity contribution is -0.143. The van der Waals surface area contributed by atoms with Gasteiger partial charge in [-0.15, -0.1) is 0 Å². The van der Waals surface area contributed by atoms with Crippen LogP contribution >= 0.6 is 23.2 Å². The van der Waals surface area contributed by atoms with Crippen LogP contribution in [0.25, 0.3) is 0 Å². The minimum absolute atomic E-state index is 0.143. The van der Waals surface area contributed by atoms with Crippen molar-refractivity contribution in [1.82, 2.24) is 5.32 Å². The quantitative estimate of drug-likeness (QED) is 0.342. The molecular weight excluding hydrogens is 578 g/mol. The Morgan fingerprint density at radius 2 is 1.72 bits per heavy atom. The van der Waals surface area contributed by atoms with E-state index in [4.69, 9.17) is 23.2 Å². The van der Waals surface area contributed by atoms with Crippen LogP contribution in [0.2, 0.25) is 10.0 Å². The Kier molecular flexibility index (Phi) is 9.34. The van der Waals surface area contributed by atoms with E-state index in [1.807, 2.05) is 0 Å². The van der Waals surface area contributed by atoms with Crippen molar-refractivity contribution in [1.29, 1.82) is 0 Å². The molecule has 5 unspecified atom stereocenters. The first-order valence-corrected chi connectivity index (χ1v) is 14.7. The molecule has 0 saturated carbocycles. The topological polar surface area (TPSA) is 101 Å². The summed E-state index contributed by atoms with van der Waals surface area (Å²) in [5.74, 6) is -5.69. The molecule has 2 aromatic rings. The Morgan fingerprint density at radius 1 is 1.10 bits per heavy atom. The smallest absolute Gasteiger partial charge is 0.402 e. The third-order valence-electron chi connectivity index (χ3n) is 7.63. The van der Waals surface area contributed by atoms with E-state index >= 15 is 0 Å². The van der Waals surface area contributed by atoms with Crippen LogP contribution in [0.5, 0.6) is 0 Å². The van der Waals surface area contributed by atoms with Crippen molar-refractivity contribution in [2.24, 2.45) is 17.3 Å². The molecule has 39 heavy (non-hydrogen) atoms. The summed E-state index contributed by atoms with van der Waals surface area (Å²) >= 11 is 12.2. The van der Waals surface area contributed by atoms with Gasteiger partial charge in [0.05, 0.1) is 11.7 Å². The summed E-state index contributed by atoms with van der Waals surface area (Å²) in [7, 11) is -4.80. The van der Waals surface area contributed by atoms with Gasteiger partial charge in [-0.25, -0.2) is 8.42 Å². The molecule has 1 aliphatic heterocycles. The largest absolute Gasteiger partial charge is 0.481 e. The van der Waals surface area contributed by atoms with Crippen LogP contribution in [-0.4, -0.2) is 43.4 Å². The standard InChI is InChI=1S/C27H30Cl2F3NO5S/c1-15(23-21(17-5-4-6-20(29)11-17)12-18(13-22(34)35)25(36)33-23)26(2,3)24(16-7-9-19(28)10-8-16)39(37,38)14-27(30,31)32/h4-11,15,18,21,23-24H,12-14H2,1-3H3,(H,33,36)(H,34,35). The molecular formula is C27H30Cl2F3NO5S. The molecule has 2 N–H and O–H groups in total. The fourth-order valence-corrected chi connectivity index (χ4v) is 8.29. The lowest BCUT2D eigenvalue weighted by atomic mass is 9.65. The maximum atomic E-state index is 13.4. The van der Waals surface area contributed by atoms with Crippen molar-refractivity contribution in [3.05, 3.63) is 69.7 Å². The average Bonchev–Trinajstić information content (AvgIpc) is 2.79. The van der Waals surface area contributed by atoms with E-state index in [0.29, 0.717) is 15.6 Å². The minimum atomic E-state index is -4.96. The highest BCUT2D eigenvalue weighted by Gasteiger charge is 2.52. The molecule has 3 rings (SSSR count). The summed E-state index contributed by atoms with van der Waals surface area (Å²) in [5.41, 5.74) is -0.496. The predicted molar refractivity (Wildman–Crippen MR) is 143 cm³/mol. The van der Waals surface area contributed by atoms with Gasteiger partial charge in [-0.05, 0) is 53.1 Å². The van der Waals surface area contributed by atoms with Gasteiger partial charge in [-0.1, -0.05) is 68.2 Å². The second kappa shape index (κ2) is 11.7. The maximum absolute atomic E-state index is 13.4. The van der Waals surface area contributed by atoms with E-state index < -0.39 is 74.5 Å². The van der Waals surface area contributed by atoms with Gasteiger partial charge in [0.25, 0.3) is 0 Å². The van der Waals surface area contributed by atoms with Crippen molar-refractivity contribution in [3.63, 3.8) is 0 Å². The average molecular weight is 609 g/mol. The number of rotatable bonds is 9. The first-order valence-electron chi connectivity index (χ1n) is 12.2. The van der Waals surface area contributed by atoms with Gasteiger partial charge in [0, 0.05) is 27.9 Å². The summed E-state index contributed by atoms with van der Waals surface area (Å²) in [6.07, 6.45) is -5.22. The zero-order valence-corrected chi connectivity index (χ0v) is 23.8. The fraction of sp³-hybridized carbons (Fsp3) is 0.481. The Morgan fingerprint density at radius 3 is 2.26 bits per heavy atom. The van der Waals surface area contributed by atoms with Crippen LogP contribution in [0.15, 0.2) is 48.5 Å². The zero-order valence-electron chi connectivity index (χ0n) is 21.5. The number of hydrogen-bond donors (Lipinski definition) is 2. The number of carboxylic acids is 1. The third kappa shape index (κ3) is 7.46. The van der Waals surface area contributed by atoms with E-state index in [9.17, 15) is 36.3 Å². The lowest BCUT2D eigenvalue weighted by Gasteiger charge is -2.48. The van der Waals surface area contributed by atoms with Gasteiger partial charge in [0.1, 0.15) is 5.75 Å². The van der Waals surface area contributed by atoms with Crippen LogP contribution in [0.4, 0.5) is 13.2 Å². The monoisotopic (exact) mass is 607 g/mol. The first-order chi connectivity index (χ1) is 17.9. The molecule has 0 radical (unpaired) electrons. The highest BCUT2D eigenvalue weighted by molar-refractivity contribution is 7.91. The minimum Gasteiger partial charge on any atom is -0.481 e. The SMILES string of the molecule is CC(C1NC(=O)C(CC(=O)O)CC1c1cccc(Cl)c1)C(C)(C)C(c1ccc(Cl)cc1)S(=O)(=O)CC(F)(F)F. The number of piperidine rings is 1. The molecule has 1 fully saturated rings. The zero-order chi connectivity index (χ0) is 29.3. The summed E-state index contributed by atoms with van der Waals surface area (Å²) < 4.78 is 67.1. The van der Waals surface area contributed by atoms with Gasteiger partial charge in [-0.2, -0.15) is 13.2 Å². The van der Waals surface area contributed by atoms with E-state index in [2.05, 4.69) is 5.32 Å². The number of sulfone groups is 1. The number of halogens is 5. The fourth-order valence-electron chi connectivity index (χ4n) is 5.63. The molecule has 1 saturated heterocycles. The Bertz CT molecular complexity index is 1320. The van der Waals surface area contributed by atoms with Gasteiger partial charge in [0.15, 0.2) is 9.84 Å². The van der Waals surface area contributed by atoms with Crippen LogP contribution in [0.1, 0.15) is 55.9 Å². The number of carboxylic acid groups (broad SMARTS) is 1. The number of amides is 1. The van der Waals surface area contributed by atoms with Crippen LogP contribution in [-0.2, 0) is 19.4 Å². The normalized spacial score (nSPS) is 22.2. The number of aliphatic carboxylic acids is 1.